The molecule has 0 atom stereocenters. The Morgan fingerprint density at radius 3 is 2.95 bits per heavy atom. The monoisotopic (exact) mass is 288 g/mol. The number of aromatic nitrogens is 2. The topological polar surface area (TPSA) is 83.8 Å². The molecule has 7 heteroatoms. The van der Waals surface area contributed by atoms with Gasteiger partial charge in [-0.25, -0.2) is 4.98 Å². The number of hydrogen-bond acceptors (Lipinski definition) is 5. The molecule has 2 N–H and O–H groups in total. The van der Waals surface area contributed by atoms with Crippen LogP contribution in [-0.2, 0) is 13.0 Å². The number of fused-ring (bicyclic) bond motifs is 1. The van der Waals surface area contributed by atoms with Gasteiger partial charge in [-0.1, -0.05) is 24.4 Å². The van der Waals surface area contributed by atoms with Crippen LogP contribution in [0.2, 0.25) is 0 Å². The molecule has 1 aromatic carbocycles. The molecule has 2 aromatic rings. The molecule has 0 unspecified atom stereocenters. The van der Waals surface area contributed by atoms with Crippen molar-refractivity contribution in [1.82, 2.24) is 15.3 Å². The first-order valence-corrected chi connectivity index (χ1v) is 6.64. The molecule has 0 aliphatic carbocycles. The fourth-order valence-corrected chi connectivity index (χ4v) is 2.61. The quantitative estimate of drug-likeness (QED) is 0.503. The highest BCUT2D eigenvalue weighted by Crippen LogP contribution is 2.28. The third-order valence-corrected chi connectivity index (χ3v) is 3.65. The Kier molecular flexibility index (Phi) is 3.29. The number of nitrogens with one attached hydrogen (secondary N) is 2. The second kappa shape index (κ2) is 5.10. The molecule has 102 valence electrons. The molecule has 2 heterocycles. The molecule has 1 aromatic heterocycles. The summed E-state index contributed by atoms with van der Waals surface area (Å²) in [6.07, 6.45) is 0.815. The molecule has 0 fully saturated rings. The maximum Gasteiger partial charge on any atom is 0.280 e. The van der Waals surface area contributed by atoms with Crippen LogP contribution in [0.1, 0.15) is 11.3 Å². The normalized spacial score (nSPS) is 13.8. The third-order valence-electron chi connectivity index (χ3n) is 3.31. The maximum atomic E-state index is 11.1. The summed E-state index contributed by atoms with van der Waals surface area (Å²) < 4.78 is 0.499. The van der Waals surface area contributed by atoms with Crippen molar-refractivity contribution in [3.8, 4) is 11.4 Å². The lowest BCUT2D eigenvalue weighted by molar-refractivity contribution is -0.384. The van der Waals surface area contributed by atoms with Crippen molar-refractivity contribution in [3.05, 3.63) is 50.3 Å². The van der Waals surface area contributed by atoms with Crippen LogP contribution in [0.5, 0.6) is 0 Å². The van der Waals surface area contributed by atoms with Crippen molar-refractivity contribution < 1.29 is 4.92 Å². The first kappa shape index (κ1) is 12.9. The molecular formula is C13H12N4O2S. The van der Waals surface area contributed by atoms with Crippen LogP contribution >= 0.6 is 12.2 Å². The van der Waals surface area contributed by atoms with Gasteiger partial charge in [0.25, 0.3) is 5.69 Å². The van der Waals surface area contributed by atoms with Gasteiger partial charge in [0.1, 0.15) is 10.5 Å². The number of nitro benzene ring substituents is 1. The van der Waals surface area contributed by atoms with E-state index in [0.29, 0.717) is 22.6 Å². The van der Waals surface area contributed by atoms with Crippen molar-refractivity contribution in [3.63, 3.8) is 0 Å². The second-order valence-electron chi connectivity index (χ2n) is 4.55. The Morgan fingerprint density at radius 1 is 1.35 bits per heavy atom. The van der Waals surface area contributed by atoms with E-state index < -0.39 is 4.92 Å². The molecule has 20 heavy (non-hydrogen) atoms. The number of benzene rings is 1. The Morgan fingerprint density at radius 2 is 2.15 bits per heavy atom. The molecule has 1 aliphatic rings. The Balaban J connectivity index is 2.19. The zero-order valence-corrected chi connectivity index (χ0v) is 11.4. The van der Waals surface area contributed by atoms with E-state index in [-0.39, 0.29) is 5.69 Å². The van der Waals surface area contributed by atoms with Gasteiger partial charge >= 0.3 is 0 Å². The summed E-state index contributed by atoms with van der Waals surface area (Å²) in [5.74, 6) is 0.461. The molecular weight excluding hydrogens is 276 g/mol. The lowest BCUT2D eigenvalue weighted by Crippen LogP contribution is -2.25. The minimum Gasteiger partial charge on any atom is -0.343 e. The number of aromatic amines is 1. The SMILES string of the molecule is O=[N+]([O-])c1ccccc1-c1nc(=S)c2c([nH]1)CCNC2. The summed E-state index contributed by atoms with van der Waals surface area (Å²) in [5, 5.41) is 14.3. The van der Waals surface area contributed by atoms with E-state index >= 15 is 0 Å². The molecule has 1 aliphatic heterocycles. The summed E-state index contributed by atoms with van der Waals surface area (Å²) in [6.45, 7) is 1.55. The molecule has 0 bridgehead atoms. The predicted molar refractivity (Wildman–Crippen MR) is 76.9 cm³/mol. The van der Waals surface area contributed by atoms with Crippen molar-refractivity contribution >= 4 is 17.9 Å². The summed E-state index contributed by atoms with van der Waals surface area (Å²) in [5.41, 5.74) is 2.48. The van der Waals surface area contributed by atoms with Crippen LogP contribution < -0.4 is 5.32 Å². The van der Waals surface area contributed by atoms with Crippen molar-refractivity contribution in [2.45, 2.75) is 13.0 Å². The van der Waals surface area contributed by atoms with E-state index in [0.717, 1.165) is 24.2 Å². The number of H-pyrrole nitrogens is 1. The highest BCUT2D eigenvalue weighted by Gasteiger charge is 2.19. The molecule has 3 rings (SSSR count). The molecule has 0 radical (unpaired) electrons. The third kappa shape index (κ3) is 2.21. The predicted octanol–water partition coefficient (Wildman–Crippen LogP) is 2.36. The zero-order chi connectivity index (χ0) is 14.1. The van der Waals surface area contributed by atoms with Gasteiger partial charge in [-0.05, 0) is 6.07 Å². The molecule has 0 saturated heterocycles. The number of nitro groups is 1. The fraction of sp³-hybridized carbons (Fsp3) is 0.231. The second-order valence-corrected chi connectivity index (χ2v) is 4.94. The number of hydrogen-bond donors (Lipinski definition) is 2. The lowest BCUT2D eigenvalue weighted by Gasteiger charge is -2.17. The number of rotatable bonds is 2. The zero-order valence-electron chi connectivity index (χ0n) is 10.5. The number of para-hydroxylation sites is 1. The van der Waals surface area contributed by atoms with Crippen molar-refractivity contribution in [2.24, 2.45) is 0 Å². The fourth-order valence-electron chi connectivity index (χ4n) is 2.33. The average Bonchev–Trinajstić information content (AvgIpc) is 2.47. The average molecular weight is 288 g/mol. The minimum absolute atomic E-state index is 0.0273. The molecule has 6 nitrogen and oxygen atoms in total. The maximum absolute atomic E-state index is 11.1. The van der Waals surface area contributed by atoms with E-state index in [1.807, 2.05) is 0 Å². The largest absolute Gasteiger partial charge is 0.343 e. The van der Waals surface area contributed by atoms with Gasteiger partial charge in [0.15, 0.2) is 0 Å². The van der Waals surface area contributed by atoms with Gasteiger partial charge in [-0.3, -0.25) is 10.1 Å². The van der Waals surface area contributed by atoms with Crippen LogP contribution in [0.25, 0.3) is 11.4 Å². The van der Waals surface area contributed by atoms with Crippen LogP contribution in [0.3, 0.4) is 0 Å². The van der Waals surface area contributed by atoms with E-state index in [1.54, 1.807) is 18.2 Å². The van der Waals surface area contributed by atoms with Crippen LogP contribution in [-0.4, -0.2) is 21.4 Å². The molecule has 0 spiro atoms. The van der Waals surface area contributed by atoms with Gasteiger partial charge in [-0.2, -0.15) is 0 Å². The molecule has 0 saturated carbocycles. The highest BCUT2D eigenvalue weighted by atomic mass is 32.1. The first-order valence-electron chi connectivity index (χ1n) is 6.23. The number of nitrogens with zero attached hydrogens (tertiary/aromatic N) is 2. The van der Waals surface area contributed by atoms with Crippen LogP contribution in [0.4, 0.5) is 5.69 Å². The van der Waals surface area contributed by atoms with E-state index in [2.05, 4.69) is 15.3 Å². The van der Waals surface area contributed by atoms with Gasteiger partial charge in [0, 0.05) is 36.8 Å². The van der Waals surface area contributed by atoms with E-state index in [1.165, 1.54) is 6.07 Å². The Bertz CT molecular complexity index is 741. The minimum atomic E-state index is -0.408. The Labute approximate surface area is 120 Å². The summed E-state index contributed by atoms with van der Waals surface area (Å²) in [6, 6.07) is 6.54. The summed E-state index contributed by atoms with van der Waals surface area (Å²) >= 11 is 5.29. The smallest absolute Gasteiger partial charge is 0.280 e. The summed E-state index contributed by atoms with van der Waals surface area (Å²) in [4.78, 5) is 18.2. The highest BCUT2D eigenvalue weighted by molar-refractivity contribution is 7.71. The van der Waals surface area contributed by atoms with Crippen molar-refractivity contribution in [1.29, 1.82) is 0 Å². The Hall–Kier alpha value is -2.12. The van der Waals surface area contributed by atoms with E-state index in [9.17, 15) is 10.1 Å². The van der Waals surface area contributed by atoms with E-state index in [4.69, 9.17) is 12.2 Å². The van der Waals surface area contributed by atoms with Gasteiger partial charge in [0.2, 0.25) is 0 Å². The summed E-state index contributed by atoms with van der Waals surface area (Å²) in [7, 11) is 0. The van der Waals surface area contributed by atoms with Crippen molar-refractivity contribution in [2.75, 3.05) is 6.54 Å². The van der Waals surface area contributed by atoms with Crippen LogP contribution in [0.15, 0.2) is 24.3 Å². The van der Waals surface area contributed by atoms with Gasteiger partial charge in [0.05, 0.1) is 10.5 Å². The van der Waals surface area contributed by atoms with Crippen LogP contribution in [0, 0.1) is 14.8 Å². The standard InChI is InChI=1S/C13H12N4O2S/c18-17(19)11-4-2-1-3-8(11)12-15-10-5-6-14-7-9(10)13(20)16-12/h1-4,14H,5-7H2,(H,15,16,20). The molecule has 0 amide bonds. The van der Waals surface area contributed by atoms with Gasteiger partial charge in [-0.15, -0.1) is 0 Å². The first-order chi connectivity index (χ1) is 9.66. The lowest BCUT2D eigenvalue weighted by atomic mass is 10.1. The van der Waals surface area contributed by atoms with Gasteiger partial charge < -0.3 is 10.3 Å².